The molecule has 22 heteroatoms. The van der Waals surface area contributed by atoms with Crippen molar-refractivity contribution >= 4 is 98.1 Å². The van der Waals surface area contributed by atoms with Crippen LogP contribution >= 0.6 is 0 Å². The number of nitrogens with zero attached hydrogens (tertiary/aromatic N) is 6. The van der Waals surface area contributed by atoms with Gasteiger partial charge in [0.1, 0.15) is 26.9 Å². The van der Waals surface area contributed by atoms with Crippen LogP contribution in [0.15, 0.2) is 130 Å². The number of nitrogens with one attached hydrogen (secondary N) is 1. The maximum atomic E-state index is 12.2. The van der Waals surface area contributed by atoms with Crippen LogP contribution in [-0.2, 0) is 35.1 Å². The maximum absolute atomic E-state index is 12.2. The lowest BCUT2D eigenvalue weighted by atomic mass is 10.1. The summed E-state index contributed by atoms with van der Waals surface area (Å²) in [6.45, 7) is 3.34. The summed E-state index contributed by atoms with van der Waals surface area (Å²) in [6, 6.07) is 18.4. The Morgan fingerprint density at radius 1 is 0.544 bits per heavy atom. The number of anilines is 1. The molecule has 1 amide bonds. The van der Waals surface area contributed by atoms with Crippen molar-refractivity contribution in [3.63, 3.8) is 0 Å². The van der Waals surface area contributed by atoms with E-state index in [2.05, 4.69) is 36.0 Å². The smallest absolute Gasteiger partial charge is 0.296 e. The largest absolute Gasteiger partial charge is 0.506 e. The first-order valence-corrected chi connectivity index (χ1v) is 20.2. The summed E-state index contributed by atoms with van der Waals surface area (Å²) in [4.78, 5) is 8.57. The van der Waals surface area contributed by atoms with E-state index in [1.54, 1.807) is 32.0 Å². The van der Waals surface area contributed by atoms with Crippen molar-refractivity contribution in [2.24, 2.45) is 30.7 Å². The molecule has 6 rings (SSSR count). The highest BCUT2D eigenvalue weighted by Gasteiger charge is 2.23. The number of phenols is 2. The third-order valence-electron chi connectivity index (χ3n) is 8.28. The second-order valence-electron chi connectivity index (χ2n) is 12.2. The number of amides is 1. The Morgan fingerprint density at radius 2 is 1.18 bits per heavy atom. The van der Waals surface area contributed by atoms with Crippen molar-refractivity contribution in [3.8, 4) is 11.5 Å². The first-order valence-electron chi connectivity index (χ1n) is 15.9. The highest BCUT2D eigenvalue weighted by Crippen LogP contribution is 2.43. The lowest BCUT2D eigenvalue weighted by Crippen LogP contribution is -2.04. The van der Waals surface area contributed by atoms with Crippen LogP contribution in [0.5, 0.6) is 11.5 Å². The molecule has 0 heterocycles. The first-order chi connectivity index (χ1) is 26.7. The van der Waals surface area contributed by atoms with E-state index in [0.29, 0.717) is 40.7 Å². The molecule has 6 aromatic carbocycles. The predicted octanol–water partition coefficient (Wildman–Crippen LogP) is 8.58. The number of aromatic hydroxyl groups is 2. The van der Waals surface area contributed by atoms with Gasteiger partial charge in [-0.2, -0.15) is 45.7 Å². The van der Waals surface area contributed by atoms with Crippen molar-refractivity contribution in [3.05, 3.63) is 96.1 Å². The molecule has 0 bridgehead atoms. The van der Waals surface area contributed by atoms with Crippen molar-refractivity contribution in [1.29, 1.82) is 0 Å². The molecule has 0 saturated carbocycles. The summed E-state index contributed by atoms with van der Waals surface area (Å²) < 4.78 is 101. The number of rotatable bonds is 11. The molecule has 0 radical (unpaired) electrons. The number of carbonyl (C=O) groups excluding carboxylic acids is 1. The second kappa shape index (κ2) is 15.2. The molecule has 19 nitrogen and oxygen atoms in total. The Kier molecular flexibility index (Phi) is 10.7. The van der Waals surface area contributed by atoms with E-state index in [1.807, 2.05) is 0 Å². The number of carbonyl (C=O) groups is 1. The Balaban J connectivity index is 1.23. The molecule has 0 saturated heterocycles. The van der Waals surface area contributed by atoms with Crippen molar-refractivity contribution in [2.45, 2.75) is 28.5 Å². The zero-order chi connectivity index (χ0) is 41.4. The van der Waals surface area contributed by atoms with E-state index in [4.69, 9.17) is 0 Å². The van der Waals surface area contributed by atoms with E-state index >= 15 is 0 Å². The summed E-state index contributed by atoms with van der Waals surface area (Å²) in [5.74, 6) is -1.06. The number of benzene rings is 6. The van der Waals surface area contributed by atoms with Gasteiger partial charge in [-0.15, -0.1) is 10.2 Å². The lowest BCUT2D eigenvalue weighted by Gasteiger charge is -2.10. The molecule has 0 spiro atoms. The fraction of sp³-hybridized carbons (Fsp3) is 0.0571. The minimum atomic E-state index is -4.93. The highest BCUT2D eigenvalue weighted by atomic mass is 32.2. The Labute approximate surface area is 323 Å². The summed E-state index contributed by atoms with van der Waals surface area (Å²) in [5.41, 5.74) is 1.78. The van der Waals surface area contributed by atoms with Crippen molar-refractivity contribution < 1.29 is 53.9 Å². The maximum Gasteiger partial charge on any atom is 0.296 e. The average molecular weight is 834 g/mol. The summed E-state index contributed by atoms with van der Waals surface area (Å²) in [6.07, 6.45) is 0.410. The van der Waals surface area contributed by atoms with Gasteiger partial charge in [-0.25, -0.2) is 0 Å². The minimum Gasteiger partial charge on any atom is -0.506 e. The minimum absolute atomic E-state index is 0.0632. The van der Waals surface area contributed by atoms with Crippen LogP contribution in [0.4, 0.5) is 39.8 Å². The third kappa shape index (κ3) is 8.80. The zero-order valence-corrected chi connectivity index (χ0v) is 31.6. The Hall–Kier alpha value is -6.56. The molecule has 0 aliphatic heterocycles. The van der Waals surface area contributed by atoms with Crippen molar-refractivity contribution in [1.82, 2.24) is 0 Å². The number of fused-ring (bicyclic) bond motifs is 2. The first kappa shape index (κ1) is 40.1. The van der Waals surface area contributed by atoms with E-state index in [1.165, 1.54) is 48.5 Å². The van der Waals surface area contributed by atoms with Gasteiger partial charge < -0.3 is 15.5 Å². The van der Waals surface area contributed by atoms with Crippen LogP contribution in [0.2, 0.25) is 0 Å². The fourth-order valence-corrected chi connectivity index (χ4v) is 7.52. The molecule has 0 unspecified atom stereocenters. The molecular weight excluding hydrogens is 807 g/mol. The average Bonchev–Trinajstić information content (AvgIpc) is 3.12. The van der Waals surface area contributed by atoms with Gasteiger partial charge in [-0.1, -0.05) is 6.07 Å². The fourth-order valence-electron chi connectivity index (χ4n) is 5.51. The molecule has 0 aliphatic rings. The van der Waals surface area contributed by atoms with E-state index in [-0.39, 0.29) is 38.6 Å². The van der Waals surface area contributed by atoms with Gasteiger partial charge in [0.25, 0.3) is 30.4 Å². The van der Waals surface area contributed by atoms with Gasteiger partial charge in [-0.05, 0) is 109 Å². The standard InChI is InChI=1S/C35H27N7O12S3/c1-18-9-23(6-8-28(18)39-38-24-4-3-20-12-25(55(46,47)48)15-32(27(20)14-24)56(49,50)51)37-40-29-16-31(44)30(10-19(29)2)41-42-34-33(57(52,53)54)13-21-11-22(36-17-43)5-7-26(21)35(34)45/h3-17,44-45H,1-2H3,(H,36,43)(H,46,47,48)(H,49,50,51)(H,52,53,54). The van der Waals surface area contributed by atoms with Gasteiger partial charge in [0, 0.05) is 22.5 Å². The molecule has 0 fully saturated rings. The van der Waals surface area contributed by atoms with Crippen LogP contribution in [0.1, 0.15) is 11.1 Å². The molecule has 6 N–H and O–H groups in total. The summed E-state index contributed by atoms with van der Waals surface area (Å²) in [5, 5.41) is 48.8. The van der Waals surface area contributed by atoms with Crippen molar-refractivity contribution in [2.75, 3.05) is 5.32 Å². The van der Waals surface area contributed by atoms with Gasteiger partial charge in [0.2, 0.25) is 6.41 Å². The van der Waals surface area contributed by atoms with Crippen LogP contribution in [-0.4, -0.2) is 55.5 Å². The Bertz CT molecular complexity index is 3100. The molecule has 57 heavy (non-hydrogen) atoms. The summed E-state index contributed by atoms with van der Waals surface area (Å²) in [7, 11) is -14.6. The molecule has 0 aromatic heterocycles. The van der Waals surface area contributed by atoms with Gasteiger partial charge in [0.15, 0.2) is 5.75 Å². The number of hydrogen-bond acceptors (Lipinski definition) is 15. The Morgan fingerprint density at radius 3 is 1.82 bits per heavy atom. The third-order valence-corrected chi connectivity index (χ3v) is 10.9. The van der Waals surface area contributed by atoms with Gasteiger partial charge >= 0.3 is 0 Å². The van der Waals surface area contributed by atoms with Gasteiger partial charge in [-0.3, -0.25) is 18.5 Å². The number of azo groups is 3. The normalized spacial score (nSPS) is 12.7. The van der Waals surface area contributed by atoms with Crippen LogP contribution in [0.25, 0.3) is 21.5 Å². The van der Waals surface area contributed by atoms with Crippen LogP contribution < -0.4 is 5.32 Å². The highest BCUT2D eigenvalue weighted by molar-refractivity contribution is 7.87. The van der Waals surface area contributed by atoms with E-state index in [0.717, 1.165) is 12.1 Å². The van der Waals surface area contributed by atoms with Gasteiger partial charge in [0.05, 0.1) is 27.6 Å². The zero-order valence-electron chi connectivity index (χ0n) is 29.2. The molecule has 0 aliphatic carbocycles. The predicted molar refractivity (Wildman–Crippen MR) is 205 cm³/mol. The molecule has 6 aromatic rings. The number of phenolic OH excluding ortho intramolecular Hbond substituents is 2. The van der Waals surface area contributed by atoms with Crippen LogP contribution in [0.3, 0.4) is 0 Å². The van der Waals surface area contributed by atoms with E-state index < -0.39 is 62.2 Å². The number of hydrogen-bond donors (Lipinski definition) is 6. The SMILES string of the molecule is Cc1cc(N=Nc2cc(O)c(N=Nc3c(S(=O)(=O)O)cc4cc(NC=O)ccc4c3O)cc2C)ccc1N=Nc1ccc2cc(S(=O)(=O)O)cc(S(=O)(=O)O)c2c1. The van der Waals surface area contributed by atoms with Crippen LogP contribution in [0, 0.1) is 13.8 Å². The molecule has 292 valence electrons. The number of aryl methyl sites for hydroxylation is 2. The second-order valence-corrected chi connectivity index (χ2v) is 16.4. The summed E-state index contributed by atoms with van der Waals surface area (Å²) >= 11 is 0. The quantitative estimate of drug-likeness (QED) is 0.0406. The monoisotopic (exact) mass is 833 g/mol. The topological polar surface area (TPSA) is 307 Å². The molecule has 0 atom stereocenters. The lowest BCUT2D eigenvalue weighted by molar-refractivity contribution is -0.105. The van der Waals surface area contributed by atoms with E-state index in [9.17, 15) is 53.9 Å². The molecular formula is C35H27N7O12S3.